The maximum absolute atomic E-state index is 11.5. The number of ether oxygens (including phenoxy) is 1. The molecule has 0 unspecified atom stereocenters. The van der Waals surface area contributed by atoms with Crippen molar-refractivity contribution in [2.75, 3.05) is 12.3 Å². The Bertz CT molecular complexity index is 580. The van der Waals surface area contributed by atoms with Crippen molar-refractivity contribution in [1.82, 2.24) is 9.78 Å². The summed E-state index contributed by atoms with van der Waals surface area (Å²) in [6.45, 7) is 2.09. The molecule has 0 amide bonds. The number of hydrogen-bond donors (Lipinski definition) is 1. The van der Waals surface area contributed by atoms with Crippen LogP contribution in [0.5, 0.6) is 0 Å². The van der Waals surface area contributed by atoms with Gasteiger partial charge >= 0.3 is 5.97 Å². The summed E-state index contributed by atoms with van der Waals surface area (Å²) < 4.78 is 7.34. The second-order valence-electron chi connectivity index (χ2n) is 3.60. The van der Waals surface area contributed by atoms with Gasteiger partial charge in [-0.05, 0) is 25.1 Å². The number of carbonyl (C=O) groups excluding carboxylic acids is 1. The van der Waals surface area contributed by atoms with Crippen molar-refractivity contribution < 1.29 is 9.53 Å². The van der Waals surface area contributed by atoms with Crippen LogP contribution in [0.1, 0.15) is 17.3 Å². The second-order valence-corrected chi connectivity index (χ2v) is 4.51. The molecule has 94 valence electrons. The van der Waals surface area contributed by atoms with E-state index in [9.17, 15) is 4.79 Å². The molecule has 0 saturated heterocycles. The van der Waals surface area contributed by atoms with Crippen LogP contribution in [0.15, 0.2) is 35.1 Å². The van der Waals surface area contributed by atoms with Crippen LogP contribution in [-0.4, -0.2) is 22.4 Å². The van der Waals surface area contributed by atoms with E-state index in [2.05, 4.69) is 21.0 Å². The number of nitrogens with zero attached hydrogens (tertiary/aromatic N) is 2. The minimum absolute atomic E-state index is 0.336. The molecule has 0 fully saturated rings. The molecule has 0 aliphatic carbocycles. The molecule has 2 aromatic rings. The lowest BCUT2D eigenvalue weighted by molar-refractivity contribution is 0.0526. The number of rotatable bonds is 3. The third-order valence-corrected chi connectivity index (χ3v) is 2.83. The van der Waals surface area contributed by atoms with Crippen LogP contribution in [0.2, 0.25) is 0 Å². The number of benzene rings is 1. The molecule has 6 heteroatoms. The zero-order valence-corrected chi connectivity index (χ0v) is 11.3. The largest absolute Gasteiger partial charge is 0.462 e. The van der Waals surface area contributed by atoms with E-state index in [0.717, 1.165) is 4.47 Å². The van der Waals surface area contributed by atoms with E-state index < -0.39 is 5.97 Å². The first-order valence-corrected chi connectivity index (χ1v) is 6.18. The lowest BCUT2D eigenvalue weighted by Crippen LogP contribution is -2.03. The smallest absolute Gasteiger partial charge is 0.341 e. The highest BCUT2D eigenvalue weighted by atomic mass is 79.9. The molecule has 0 saturated carbocycles. The summed E-state index contributed by atoms with van der Waals surface area (Å²) in [5.41, 5.74) is 7.56. The SMILES string of the molecule is CCOC(=O)c1cnn(-c2cc(Br)ccc2N)c1. The first-order chi connectivity index (χ1) is 8.61. The van der Waals surface area contributed by atoms with E-state index in [1.54, 1.807) is 23.9 Å². The van der Waals surface area contributed by atoms with E-state index in [-0.39, 0.29) is 0 Å². The fourth-order valence-corrected chi connectivity index (χ4v) is 1.84. The zero-order chi connectivity index (χ0) is 13.1. The predicted octanol–water partition coefficient (Wildman–Crippen LogP) is 2.39. The van der Waals surface area contributed by atoms with E-state index in [0.29, 0.717) is 23.5 Å². The minimum Gasteiger partial charge on any atom is -0.462 e. The molecule has 1 heterocycles. The molecule has 1 aromatic heterocycles. The van der Waals surface area contributed by atoms with Crippen molar-refractivity contribution in [3.05, 3.63) is 40.6 Å². The van der Waals surface area contributed by atoms with E-state index in [1.807, 2.05) is 12.1 Å². The van der Waals surface area contributed by atoms with E-state index in [1.165, 1.54) is 6.20 Å². The summed E-state index contributed by atoms with van der Waals surface area (Å²) in [7, 11) is 0. The summed E-state index contributed by atoms with van der Waals surface area (Å²) >= 11 is 3.37. The Labute approximate surface area is 113 Å². The molecule has 1 aromatic carbocycles. The molecule has 0 spiro atoms. The van der Waals surface area contributed by atoms with Gasteiger partial charge in [-0.2, -0.15) is 5.10 Å². The molecule has 5 nitrogen and oxygen atoms in total. The lowest BCUT2D eigenvalue weighted by atomic mass is 10.3. The Balaban J connectivity index is 2.35. The number of carbonyl (C=O) groups is 1. The standard InChI is InChI=1S/C12H12BrN3O2/c1-2-18-12(17)8-6-15-16(7-8)11-5-9(13)3-4-10(11)14/h3-7H,2,14H2,1H3. The van der Waals surface area contributed by atoms with Crippen molar-refractivity contribution >= 4 is 27.6 Å². The van der Waals surface area contributed by atoms with Crippen LogP contribution in [0.4, 0.5) is 5.69 Å². The Morgan fingerprint density at radius 1 is 1.56 bits per heavy atom. The Morgan fingerprint density at radius 2 is 2.33 bits per heavy atom. The fraction of sp³-hybridized carbons (Fsp3) is 0.167. The molecule has 0 atom stereocenters. The third-order valence-electron chi connectivity index (χ3n) is 2.33. The Kier molecular flexibility index (Phi) is 3.66. The van der Waals surface area contributed by atoms with Gasteiger partial charge in [0.1, 0.15) is 0 Å². The highest BCUT2D eigenvalue weighted by molar-refractivity contribution is 9.10. The molecule has 0 aliphatic heterocycles. The summed E-state index contributed by atoms with van der Waals surface area (Å²) in [5.74, 6) is -0.391. The van der Waals surface area contributed by atoms with Crippen molar-refractivity contribution in [3.8, 4) is 5.69 Å². The van der Waals surface area contributed by atoms with Gasteiger partial charge < -0.3 is 10.5 Å². The number of nitrogen functional groups attached to an aromatic ring is 1. The Morgan fingerprint density at radius 3 is 3.06 bits per heavy atom. The van der Waals surface area contributed by atoms with Gasteiger partial charge in [-0.1, -0.05) is 15.9 Å². The first kappa shape index (κ1) is 12.6. The fourth-order valence-electron chi connectivity index (χ4n) is 1.49. The number of esters is 1. The molecule has 0 bridgehead atoms. The van der Waals surface area contributed by atoms with Gasteiger partial charge in [-0.3, -0.25) is 0 Å². The average Bonchev–Trinajstić information content (AvgIpc) is 2.82. The highest BCUT2D eigenvalue weighted by Gasteiger charge is 2.11. The van der Waals surface area contributed by atoms with Crippen molar-refractivity contribution in [3.63, 3.8) is 0 Å². The molecule has 2 N–H and O–H groups in total. The maximum Gasteiger partial charge on any atom is 0.341 e. The Hall–Kier alpha value is -1.82. The van der Waals surface area contributed by atoms with Crippen LogP contribution >= 0.6 is 15.9 Å². The quantitative estimate of drug-likeness (QED) is 0.698. The van der Waals surface area contributed by atoms with Crippen LogP contribution < -0.4 is 5.73 Å². The number of nitrogens with two attached hydrogens (primary N) is 1. The van der Waals surface area contributed by atoms with Gasteiger partial charge in [-0.15, -0.1) is 0 Å². The van der Waals surface area contributed by atoms with E-state index in [4.69, 9.17) is 10.5 Å². The number of halogens is 1. The number of aromatic nitrogens is 2. The molecular formula is C12H12BrN3O2. The molecule has 0 radical (unpaired) electrons. The third kappa shape index (κ3) is 2.53. The number of anilines is 1. The average molecular weight is 310 g/mol. The first-order valence-electron chi connectivity index (χ1n) is 5.39. The zero-order valence-electron chi connectivity index (χ0n) is 9.76. The van der Waals surface area contributed by atoms with E-state index >= 15 is 0 Å². The maximum atomic E-state index is 11.5. The summed E-state index contributed by atoms with van der Waals surface area (Å²) in [6.07, 6.45) is 3.05. The summed E-state index contributed by atoms with van der Waals surface area (Å²) in [5, 5.41) is 4.11. The summed E-state index contributed by atoms with van der Waals surface area (Å²) in [4.78, 5) is 11.5. The number of hydrogen-bond acceptors (Lipinski definition) is 4. The van der Waals surface area contributed by atoms with Crippen molar-refractivity contribution in [2.45, 2.75) is 6.92 Å². The van der Waals surface area contributed by atoms with Crippen LogP contribution in [-0.2, 0) is 4.74 Å². The van der Waals surface area contributed by atoms with Gasteiger partial charge in [0.25, 0.3) is 0 Å². The minimum atomic E-state index is -0.391. The molecule has 2 rings (SSSR count). The molecular weight excluding hydrogens is 298 g/mol. The molecule has 0 aliphatic rings. The topological polar surface area (TPSA) is 70.1 Å². The second kappa shape index (κ2) is 5.22. The normalized spacial score (nSPS) is 10.3. The predicted molar refractivity (Wildman–Crippen MR) is 71.6 cm³/mol. The molecule has 18 heavy (non-hydrogen) atoms. The van der Waals surface area contributed by atoms with Gasteiger partial charge in [0.2, 0.25) is 0 Å². The van der Waals surface area contributed by atoms with Gasteiger partial charge in [0.15, 0.2) is 0 Å². The van der Waals surface area contributed by atoms with Crippen LogP contribution in [0.25, 0.3) is 5.69 Å². The van der Waals surface area contributed by atoms with Gasteiger partial charge in [0, 0.05) is 10.7 Å². The lowest BCUT2D eigenvalue weighted by Gasteiger charge is -2.05. The monoisotopic (exact) mass is 309 g/mol. The van der Waals surface area contributed by atoms with Gasteiger partial charge in [0.05, 0.1) is 29.7 Å². The summed E-state index contributed by atoms with van der Waals surface area (Å²) in [6, 6.07) is 5.44. The highest BCUT2D eigenvalue weighted by Crippen LogP contribution is 2.22. The van der Waals surface area contributed by atoms with Crippen molar-refractivity contribution in [2.24, 2.45) is 0 Å². The van der Waals surface area contributed by atoms with Crippen molar-refractivity contribution in [1.29, 1.82) is 0 Å². The van der Waals surface area contributed by atoms with Crippen LogP contribution in [0.3, 0.4) is 0 Å². The van der Waals surface area contributed by atoms with Crippen LogP contribution in [0, 0.1) is 0 Å². The van der Waals surface area contributed by atoms with Gasteiger partial charge in [-0.25, -0.2) is 9.48 Å².